The second kappa shape index (κ2) is 30.2. The zero-order chi connectivity index (χ0) is 36.3. The van der Waals surface area contributed by atoms with Gasteiger partial charge in [-0.25, -0.2) is 0 Å². The molecule has 45 heavy (non-hydrogen) atoms. The van der Waals surface area contributed by atoms with Crippen LogP contribution in [0.25, 0.3) is 0 Å². The zero-order valence-electron chi connectivity index (χ0n) is 34.2. The molecule has 0 heteroatoms. The average Bonchev–Trinajstić information content (AvgIpc) is 2.86. The minimum atomic E-state index is 0.478. The highest BCUT2D eigenvalue weighted by Crippen LogP contribution is 2.13. The minimum absolute atomic E-state index is 0.478. The molecular formula is C45H78. The van der Waals surface area contributed by atoms with E-state index >= 15 is 0 Å². The molecule has 0 aliphatic carbocycles. The lowest BCUT2D eigenvalue weighted by Crippen LogP contribution is -1.89. The summed E-state index contributed by atoms with van der Waals surface area (Å²) in [5.41, 5.74) is 7.05. The Morgan fingerprint density at radius 2 is 0.756 bits per heavy atom. The largest absolute Gasteiger partial charge is 0.0957 e. The van der Waals surface area contributed by atoms with Crippen LogP contribution >= 0.6 is 0 Å². The Bertz CT molecular complexity index is 999. The van der Waals surface area contributed by atoms with Gasteiger partial charge in [0.15, 0.2) is 0 Å². The van der Waals surface area contributed by atoms with Crippen LogP contribution in [0.4, 0.5) is 0 Å². The lowest BCUT2D eigenvalue weighted by atomic mass is 10.0. The van der Waals surface area contributed by atoms with Crippen molar-refractivity contribution < 1.29 is 0 Å². The molecular weight excluding hydrogens is 540 g/mol. The topological polar surface area (TPSA) is 0 Å². The van der Waals surface area contributed by atoms with Crippen molar-refractivity contribution in [3.8, 4) is 23.7 Å². The molecule has 0 amide bonds. The fourth-order valence-corrected chi connectivity index (χ4v) is 3.14. The Labute approximate surface area is 286 Å². The lowest BCUT2D eigenvalue weighted by molar-refractivity contribution is 0.766. The van der Waals surface area contributed by atoms with Crippen LogP contribution in [0.1, 0.15) is 145 Å². The first-order valence-electron chi connectivity index (χ1n) is 17.6. The molecule has 0 radical (unpaired) electrons. The summed E-state index contributed by atoms with van der Waals surface area (Å²) >= 11 is 0. The standard InChI is InChI=1S/2C12H22.C11H18.C10H16/c2*1-9(2)7-11(5)8-12(6)10(3)4;1-9(2)7-6-8-11(5)10(3)4;1-9(2)7-5-6-8-10(3)4/h2*7-10H,1-6H3;8-10H,1-5H3;5,7,9-10H,1-4H3/b2*11-7+,12-8+;11-8+;7-5+. The van der Waals surface area contributed by atoms with Gasteiger partial charge >= 0.3 is 0 Å². The van der Waals surface area contributed by atoms with Crippen LogP contribution in [-0.2, 0) is 0 Å². The van der Waals surface area contributed by atoms with Gasteiger partial charge in [-0.3, -0.25) is 0 Å². The summed E-state index contributed by atoms with van der Waals surface area (Å²) in [6.07, 6.45) is 15.2. The van der Waals surface area contributed by atoms with E-state index in [9.17, 15) is 0 Å². The zero-order valence-corrected chi connectivity index (χ0v) is 34.2. The predicted octanol–water partition coefficient (Wildman–Crippen LogP) is 14.5. The molecule has 0 spiro atoms. The average molecular weight is 619 g/mol. The normalized spacial score (nSPS) is 13.0. The van der Waals surface area contributed by atoms with E-state index in [2.05, 4.69) is 199 Å². The monoisotopic (exact) mass is 619 g/mol. The van der Waals surface area contributed by atoms with Gasteiger partial charge in [0.25, 0.3) is 0 Å². The van der Waals surface area contributed by atoms with Crippen molar-refractivity contribution >= 4 is 0 Å². The van der Waals surface area contributed by atoms with Crippen LogP contribution in [0.5, 0.6) is 0 Å². The third-order valence-electron chi connectivity index (χ3n) is 6.44. The smallest absolute Gasteiger partial charge is 0.0149 e. The van der Waals surface area contributed by atoms with Crippen LogP contribution in [0, 0.1) is 71.0 Å². The number of hydrogen-bond acceptors (Lipinski definition) is 0. The van der Waals surface area contributed by atoms with E-state index in [4.69, 9.17) is 0 Å². The maximum Gasteiger partial charge on any atom is 0.0149 e. The SMILES string of the molecule is C/C(=C\C#CC(C)C)C(C)C.CC(=C\C(C)C)/C=C(\C)C(C)C.CC(=C\C(C)C)/C=C(\C)C(C)C.CC(C)C#C/C=C/C(C)C. The van der Waals surface area contributed by atoms with Crippen LogP contribution in [-0.4, -0.2) is 0 Å². The Morgan fingerprint density at radius 1 is 0.422 bits per heavy atom. The van der Waals surface area contributed by atoms with Crippen LogP contribution in [0.2, 0.25) is 0 Å². The van der Waals surface area contributed by atoms with E-state index in [0.29, 0.717) is 47.3 Å². The molecule has 0 nitrogen and oxygen atoms in total. The van der Waals surface area contributed by atoms with Crippen molar-refractivity contribution in [3.05, 3.63) is 70.4 Å². The van der Waals surface area contributed by atoms with E-state index < -0.39 is 0 Å². The van der Waals surface area contributed by atoms with Crippen LogP contribution < -0.4 is 0 Å². The Balaban J connectivity index is -0.000000250. The van der Waals surface area contributed by atoms with E-state index in [1.54, 1.807) is 0 Å². The summed E-state index contributed by atoms with van der Waals surface area (Å²) in [6, 6.07) is 0. The van der Waals surface area contributed by atoms with Gasteiger partial charge in [0.05, 0.1) is 0 Å². The molecule has 0 fully saturated rings. The molecule has 0 heterocycles. The summed E-state index contributed by atoms with van der Waals surface area (Å²) in [4.78, 5) is 0. The molecule has 0 aliphatic heterocycles. The summed E-state index contributed by atoms with van der Waals surface area (Å²) in [5.74, 6) is 17.0. The predicted molar refractivity (Wildman–Crippen MR) is 212 cm³/mol. The summed E-state index contributed by atoms with van der Waals surface area (Å²) in [6.45, 7) is 45.7. The molecule has 0 unspecified atom stereocenters. The summed E-state index contributed by atoms with van der Waals surface area (Å²) < 4.78 is 0. The van der Waals surface area contributed by atoms with Gasteiger partial charge in [-0.15, -0.1) is 0 Å². The van der Waals surface area contributed by atoms with Crippen molar-refractivity contribution in [1.29, 1.82) is 0 Å². The van der Waals surface area contributed by atoms with E-state index in [1.807, 2.05) is 12.2 Å². The molecule has 0 aromatic heterocycles. The Morgan fingerprint density at radius 3 is 1.02 bits per heavy atom. The van der Waals surface area contributed by atoms with Crippen LogP contribution in [0.3, 0.4) is 0 Å². The third kappa shape index (κ3) is 43.7. The molecule has 0 rings (SSSR count). The van der Waals surface area contributed by atoms with E-state index in [-0.39, 0.29) is 0 Å². The van der Waals surface area contributed by atoms with Gasteiger partial charge in [-0.05, 0) is 82.3 Å². The molecule has 0 saturated carbocycles. The fourth-order valence-electron chi connectivity index (χ4n) is 3.14. The Hall–Kier alpha value is -2.44. The maximum atomic E-state index is 3.10. The molecule has 0 bridgehead atoms. The second-order valence-electron chi connectivity index (χ2n) is 14.9. The Kier molecular flexibility index (Phi) is 33.2. The van der Waals surface area contributed by atoms with Crippen molar-refractivity contribution in [2.75, 3.05) is 0 Å². The van der Waals surface area contributed by atoms with Gasteiger partial charge < -0.3 is 0 Å². The second-order valence-corrected chi connectivity index (χ2v) is 14.9. The number of hydrogen-bond donors (Lipinski definition) is 0. The highest BCUT2D eigenvalue weighted by atomic mass is 14.0. The quantitative estimate of drug-likeness (QED) is 0.187. The highest BCUT2D eigenvalue weighted by molar-refractivity contribution is 5.23. The number of allylic oxidation sites excluding steroid dienone is 12. The van der Waals surface area contributed by atoms with Gasteiger partial charge in [-0.2, -0.15) is 0 Å². The number of rotatable bonds is 8. The van der Waals surface area contributed by atoms with Gasteiger partial charge in [0.1, 0.15) is 0 Å². The molecule has 0 aromatic rings. The molecule has 0 N–H and O–H groups in total. The molecule has 258 valence electrons. The first-order chi connectivity index (χ1) is 20.5. The maximum absolute atomic E-state index is 3.10. The van der Waals surface area contributed by atoms with E-state index in [0.717, 1.165) is 0 Å². The lowest BCUT2D eigenvalue weighted by Gasteiger charge is -2.05. The van der Waals surface area contributed by atoms with Crippen molar-refractivity contribution in [2.24, 2.45) is 47.3 Å². The summed E-state index contributed by atoms with van der Waals surface area (Å²) in [7, 11) is 0. The van der Waals surface area contributed by atoms with Gasteiger partial charge in [0.2, 0.25) is 0 Å². The molecule has 0 atom stereocenters. The summed E-state index contributed by atoms with van der Waals surface area (Å²) in [5, 5.41) is 0. The third-order valence-corrected chi connectivity index (χ3v) is 6.44. The highest BCUT2D eigenvalue weighted by Gasteiger charge is 1.97. The molecule has 0 aromatic carbocycles. The first-order valence-corrected chi connectivity index (χ1v) is 17.6. The van der Waals surface area contributed by atoms with Crippen molar-refractivity contribution in [1.82, 2.24) is 0 Å². The fraction of sp³-hybridized carbons (Fsp3) is 0.644. The van der Waals surface area contributed by atoms with Gasteiger partial charge in [0, 0.05) is 11.8 Å². The molecule has 0 aliphatic rings. The first kappa shape index (κ1) is 49.4. The van der Waals surface area contributed by atoms with E-state index in [1.165, 1.54) is 27.9 Å². The minimum Gasteiger partial charge on any atom is -0.0957 e. The van der Waals surface area contributed by atoms with Crippen molar-refractivity contribution in [3.63, 3.8) is 0 Å². The van der Waals surface area contributed by atoms with Gasteiger partial charge in [-0.1, -0.05) is 193 Å². The van der Waals surface area contributed by atoms with Crippen molar-refractivity contribution in [2.45, 2.75) is 145 Å². The van der Waals surface area contributed by atoms with Crippen LogP contribution in [0.15, 0.2) is 70.4 Å². The molecule has 0 saturated heterocycles.